The lowest BCUT2D eigenvalue weighted by atomic mass is 10.3. The lowest BCUT2D eigenvalue weighted by Gasteiger charge is -2.15. The molecule has 1 aliphatic rings. The first-order chi connectivity index (χ1) is 8.61. The standard InChI is InChI=1S/C11H15N3O4/c1-18-7-10(15)13-3-2-9(6-13)14-5-8(4-12-14)11(16)17/h4-5,9H,2-3,6-7H2,1H3,(H,16,17)/t9-/m0/s1. The summed E-state index contributed by atoms with van der Waals surface area (Å²) >= 11 is 0. The van der Waals surface area contributed by atoms with Crippen LogP contribution in [0.15, 0.2) is 12.4 Å². The number of nitrogens with zero attached hydrogens (tertiary/aromatic N) is 3. The normalized spacial score (nSPS) is 19.2. The molecule has 1 N–H and O–H groups in total. The zero-order chi connectivity index (χ0) is 13.1. The lowest BCUT2D eigenvalue weighted by molar-refractivity contribution is -0.134. The molecular formula is C11H15N3O4. The highest BCUT2D eigenvalue weighted by Gasteiger charge is 2.27. The molecule has 7 heteroatoms. The van der Waals surface area contributed by atoms with Crippen LogP contribution in [0.5, 0.6) is 0 Å². The fourth-order valence-corrected chi connectivity index (χ4v) is 2.05. The van der Waals surface area contributed by atoms with Gasteiger partial charge in [-0.15, -0.1) is 0 Å². The molecule has 1 atom stereocenters. The minimum Gasteiger partial charge on any atom is -0.478 e. The van der Waals surface area contributed by atoms with Crippen LogP contribution >= 0.6 is 0 Å². The van der Waals surface area contributed by atoms with Gasteiger partial charge in [-0.25, -0.2) is 4.79 Å². The second-order valence-corrected chi connectivity index (χ2v) is 4.23. The van der Waals surface area contributed by atoms with Crippen molar-refractivity contribution in [2.24, 2.45) is 0 Å². The number of aromatic nitrogens is 2. The van der Waals surface area contributed by atoms with E-state index in [9.17, 15) is 9.59 Å². The highest BCUT2D eigenvalue weighted by atomic mass is 16.5. The Morgan fingerprint density at radius 3 is 3.00 bits per heavy atom. The molecule has 0 radical (unpaired) electrons. The molecule has 1 aromatic rings. The van der Waals surface area contributed by atoms with Gasteiger partial charge in [0, 0.05) is 26.4 Å². The topological polar surface area (TPSA) is 84.7 Å². The number of rotatable bonds is 4. The largest absolute Gasteiger partial charge is 0.478 e. The Morgan fingerprint density at radius 1 is 1.61 bits per heavy atom. The quantitative estimate of drug-likeness (QED) is 0.816. The van der Waals surface area contributed by atoms with E-state index in [1.54, 1.807) is 9.58 Å². The zero-order valence-electron chi connectivity index (χ0n) is 10.1. The van der Waals surface area contributed by atoms with E-state index in [2.05, 4.69) is 5.10 Å². The monoisotopic (exact) mass is 253 g/mol. The predicted octanol–water partition coefficient (Wildman–Crippen LogP) is 0.00110. The summed E-state index contributed by atoms with van der Waals surface area (Å²) in [5.41, 5.74) is 0.164. The van der Waals surface area contributed by atoms with Gasteiger partial charge in [0.05, 0.1) is 17.8 Å². The molecular weight excluding hydrogens is 238 g/mol. The summed E-state index contributed by atoms with van der Waals surface area (Å²) < 4.78 is 6.42. The molecule has 2 heterocycles. The Labute approximate surface area is 104 Å². The molecule has 1 aliphatic heterocycles. The zero-order valence-corrected chi connectivity index (χ0v) is 10.1. The maximum Gasteiger partial charge on any atom is 0.338 e. The van der Waals surface area contributed by atoms with Crippen molar-refractivity contribution in [1.82, 2.24) is 14.7 Å². The third-order valence-corrected chi connectivity index (χ3v) is 3.01. The summed E-state index contributed by atoms with van der Waals surface area (Å²) in [5.74, 6) is -1.04. The predicted molar refractivity (Wildman–Crippen MR) is 61.3 cm³/mol. The molecule has 0 aromatic carbocycles. The Bertz CT molecular complexity index is 457. The third kappa shape index (κ3) is 2.51. The second-order valence-electron chi connectivity index (χ2n) is 4.23. The van der Waals surface area contributed by atoms with Crippen molar-refractivity contribution in [3.8, 4) is 0 Å². The van der Waals surface area contributed by atoms with Gasteiger partial charge >= 0.3 is 5.97 Å². The first-order valence-electron chi connectivity index (χ1n) is 5.66. The van der Waals surface area contributed by atoms with Crippen LogP contribution in [0.2, 0.25) is 0 Å². The first-order valence-corrected chi connectivity index (χ1v) is 5.66. The summed E-state index contributed by atoms with van der Waals surface area (Å²) in [7, 11) is 1.48. The Kier molecular flexibility index (Phi) is 3.61. The van der Waals surface area contributed by atoms with Gasteiger partial charge in [0.2, 0.25) is 5.91 Å². The number of ether oxygens (including phenoxy) is 1. The number of methoxy groups -OCH3 is 1. The van der Waals surface area contributed by atoms with E-state index in [4.69, 9.17) is 9.84 Å². The van der Waals surface area contributed by atoms with Gasteiger partial charge < -0.3 is 14.7 Å². The van der Waals surface area contributed by atoms with Crippen LogP contribution in [-0.4, -0.2) is 58.5 Å². The van der Waals surface area contributed by atoms with Crippen LogP contribution in [0, 0.1) is 0 Å². The van der Waals surface area contributed by atoms with Gasteiger partial charge in [-0.3, -0.25) is 9.48 Å². The molecule has 0 unspecified atom stereocenters. The fraction of sp³-hybridized carbons (Fsp3) is 0.545. The van der Waals surface area contributed by atoms with Crippen molar-refractivity contribution in [1.29, 1.82) is 0 Å². The molecule has 98 valence electrons. The number of amides is 1. The summed E-state index contributed by atoms with van der Waals surface area (Å²) in [6.45, 7) is 1.27. The Balaban J connectivity index is 1.99. The van der Waals surface area contributed by atoms with Gasteiger partial charge in [-0.2, -0.15) is 5.10 Å². The summed E-state index contributed by atoms with van der Waals surface area (Å²) in [5, 5.41) is 12.8. The molecule has 0 bridgehead atoms. The number of likely N-dealkylation sites (tertiary alicyclic amines) is 1. The maximum atomic E-state index is 11.6. The van der Waals surface area contributed by atoms with Crippen molar-refractivity contribution in [2.75, 3.05) is 26.8 Å². The number of carbonyl (C=O) groups is 2. The van der Waals surface area contributed by atoms with Crippen molar-refractivity contribution in [3.63, 3.8) is 0 Å². The van der Waals surface area contributed by atoms with Gasteiger partial charge in [0.1, 0.15) is 6.61 Å². The highest BCUT2D eigenvalue weighted by molar-refractivity contribution is 5.86. The third-order valence-electron chi connectivity index (χ3n) is 3.01. The molecule has 7 nitrogen and oxygen atoms in total. The van der Waals surface area contributed by atoms with Crippen LogP contribution in [0.4, 0.5) is 0 Å². The number of hydrogen-bond acceptors (Lipinski definition) is 4. The van der Waals surface area contributed by atoms with Crippen molar-refractivity contribution < 1.29 is 19.4 Å². The van der Waals surface area contributed by atoms with Gasteiger partial charge in [0.25, 0.3) is 0 Å². The molecule has 1 saturated heterocycles. The molecule has 18 heavy (non-hydrogen) atoms. The van der Waals surface area contributed by atoms with E-state index < -0.39 is 5.97 Å². The molecule has 0 spiro atoms. The Hall–Kier alpha value is -1.89. The van der Waals surface area contributed by atoms with Crippen molar-refractivity contribution >= 4 is 11.9 Å². The minimum absolute atomic E-state index is 0.0407. The van der Waals surface area contributed by atoms with E-state index in [0.717, 1.165) is 6.42 Å². The van der Waals surface area contributed by atoms with Gasteiger partial charge in [-0.1, -0.05) is 0 Å². The van der Waals surface area contributed by atoms with Gasteiger partial charge in [-0.05, 0) is 6.42 Å². The average molecular weight is 253 g/mol. The summed E-state index contributed by atoms with van der Waals surface area (Å²) in [4.78, 5) is 24.1. The Morgan fingerprint density at radius 2 is 2.39 bits per heavy atom. The number of carbonyl (C=O) groups excluding carboxylic acids is 1. The molecule has 0 aliphatic carbocycles. The van der Waals surface area contributed by atoms with Crippen LogP contribution < -0.4 is 0 Å². The van der Waals surface area contributed by atoms with Crippen molar-refractivity contribution in [2.45, 2.75) is 12.5 Å². The summed E-state index contributed by atoms with van der Waals surface area (Å²) in [6, 6.07) is 0.0407. The smallest absolute Gasteiger partial charge is 0.338 e. The maximum absolute atomic E-state index is 11.6. The fourth-order valence-electron chi connectivity index (χ4n) is 2.05. The summed E-state index contributed by atoms with van der Waals surface area (Å²) in [6.07, 6.45) is 3.59. The van der Waals surface area contributed by atoms with E-state index in [1.165, 1.54) is 19.5 Å². The first kappa shape index (κ1) is 12.6. The minimum atomic E-state index is -0.994. The molecule has 1 amide bonds. The number of carboxylic acids is 1. The molecule has 1 fully saturated rings. The van der Waals surface area contributed by atoms with Crippen LogP contribution in [0.3, 0.4) is 0 Å². The number of hydrogen-bond donors (Lipinski definition) is 1. The van der Waals surface area contributed by atoms with E-state index >= 15 is 0 Å². The van der Waals surface area contributed by atoms with Gasteiger partial charge in [0.15, 0.2) is 0 Å². The molecule has 1 aromatic heterocycles. The SMILES string of the molecule is COCC(=O)N1CC[C@H](n2cc(C(=O)O)cn2)C1. The number of carboxylic acid groups (broad SMARTS) is 1. The molecule has 2 rings (SSSR count). The van der Waals surface area contributed by atoms with E-state index in [-0.39, 0.29) is 24.1 Å². The highest BCUT2D eigenvalue weighted by Crippen LogP contribution is 2.21. The van der Waals surface area contributed by atoms with Crippen molar-refractivity contribution in [3.05, 3.63) is 18.0 Å². The van der Waals surface area contributed by atoms with Crippen LogP contribution in [-0.2, 0) is 9.53 Å². The molecule has 0 saturated carbocycles. The van der Waals surface area contributed by atoms with E-state index in [1.807, 2.05) is 0 Å². The average Bonchev–Trinajstić information content (AvgIpc) is 2.98. The number of aromatic carboxylic acids is 1. The van der Waals surface area contributed by atoms with Crippen LogP contribution in [0.1, 0.15) is 22.8 Å². The van der Waals surface area contributed by atoms with E-state index in [0.29, 0.717) is 13.1 Å². The van der Waals surface area contributed by atoms with Crippen LogP contribution in [0.25, 0.3) is 0 Å². The lowest BCUT2D eigenvalue weighted by Crippen LogP contribution is -2.32. The second kappa shape index (κ2) is 5.18.